The molecule has 0 saturated carbocycles. The monoisotopic (exact) mass is 345 g/mol. The van der Waals surface area contributed by atoms with Gasteiger partial charge in [-0.05, 0) is 30.7 Å². The quantitative estimate of drug-likeness (QED) is 0.605. The number of ether oxygens (including phenoxy) is 1. The number of alkyl halides is 1. The van der Waals surface area contributed by atoms with E-state index in [9.17, 15) is 18.0 Å². The number of rotatable bonds is 4. The second kappa shape index (κ2) is 6.66. The van der Waals surface area contributed by atoms with Gasteiger partial charge in [-0.1, -0.05) is 0 Å². The first-order valence-corrected chi connectivity index (χ1v) is 9.00. The Bertz CT molecular complexity index is 671. The van der Waals surface area contributed by atoms with Gasteiger partial charge in [0, 0.05) is 5.69 Å². The molecule has 0 spiro atoms. The molecule has 120 valence electrons. The normalized spacial score (nSPS) is 19.6. The van der Waals surface area contributed by atoms with E-state index in [1.807, 2.05) is 0 Å². The number of halogens is 1. The summed E-state index contributed by atoms with van der Waals surface area (Å²) in [7, 11) is -1.85. The molecule has 2 rings (SSSR count). The zero-order chi connectivity index (χ0) is 16.3. The SMILES string of the molecule is COC(=O)c1ccc(N(C(=O)CCl)[C@H]2CCS(=O)(=O)C2)cc1. The molecule has 6 nitrogen and oxygen atoms in total. The van der Waals surface area contributed by atoms with E-state index in [-0.39, 0.29) is 23.3 Å². The van der Waals surface area contributed by atoms with E-state index < -0.39 is 21.8 Å². The lowest BCUT2D eigenvalue weighted by molar-refractivity contribution is -0.116. The Balaban J connectivity index is 2.30. The summed E-state index contributed by atoms with van der Waals surface area (Å²) in [5, 5.41) is 0. The molecule has 1 fully saturated rings. The molecule has 1 heterocycles. The van der Waals surface area contributed by atoms with Gasteiger partial charge in [0.15, 0.2) is 9.84 Å². The maximum Gasteiger partial charge on any atom is 0.337 e. The summed E-state index contributed by atoms with van der Waals surface area (Å²) in [6.45, 7) is 0. The predicted octanol–water partition coefficient (Wildman–Crippen LogP) is 1.23. The Morgan fingerprint density at radius 2 is 1.95 bits per heavy atom. The van der Waals surface area contributed by atoms with Crippen LogP contribution in [0.25, 0.3) is 0 Å². The van der Waals surface area contributed by atoms with Gasteiger partial charge in [0.25, 0.3) is 0 Å². The molecule has 0 aliphatic carbocycles. The Labute approximate surface area is 133 Å². The topological polar surface area (TPSA) is 80.8 Å². The highest BCUT2D eigenvalue weighted by Gasteiger charge is 2.35. The van der Waals surface area contributed by atoms with E-state index in [2.05, 4.69) is 4.74 Å². The van der Waals surface area contributed by atoms with Gasteiger partial charge < -0.3 is 9.64 Å². The van der Waals surface area contributed by atoms with Crippen molar-refractivity contribution >= 4 is 39.0 Å². The van der Waals surface area contributed by atoms with E-state index in [4.69, 9.17) is 11.6 Å². The standard InChI is InChI=1S/C14H16ClNO5S/c1-21-14(18)10-2-4-11(5-3-10)16(13(17)8-15)12-6-7-22(19,20)9-12/h2-5,12H,6-9H2,1H3/t12-/m0/s1. The zero-order valence-corrected chi connectivity index (χ0v) is 13.6. The van der Waals surface area contributed by atoms with Crippen molar-refractivity contribution in [2.45, 2.75) is 12.5 Å². The Kier molecular flexibility index (Phi) is 5.08. The molecule has 0 radical (unpaired) electrons. The number of nitrogens with zero attached hydrogens (tertiary/aromatic N) is 1. The fourth-order valence-corrected chi connectivity index (χ4v) is 4.31. The van der Waals surface area contributed by atoms with Crippen molar-refractivity contribution in [3.8, 4) is 0 Å². The number of esters is 1. The van der Waals surface area contributed by atoms with Crippen molar-refractivity contribution in [1.29, 1.82) is 0 Å². The molecule has 0 bridgehead atoms. The first kappa shape index (κ1) is 16.8. The summed E-state index contributed by atoms with van der Waals surface area (Å²) < 4.78 is 27.9. The zero-order valence-electron chi connectivity index (χ0n) is 12.0. The molecule has 1 saturated heterocycles. The van der Waals surface area contributed by atoms with Crippen LogP contribution in [-0.4, -0.2) is 50.8 Å². The van der Waals surface area contributed by atoms with Crippen LogP contribution in [0.3, 0.4) is 0 Å². The minimum atomic E-state index is -3.13. The number of hydrogen-bond acceptors (Lipinski definition) is 5. The van der Waals surface area contributed by atoms with Crippen molar-refractivity contribution in [2.24, 2.45) is 0 Å². The van der Waals surface area contributed by atoms with Gasteiger partial charge in [-0.3, -0.25) is 4.79 Å². The molecule has 1 amide bonds. The Hall–Kier alpha value is -1.60. The molecule has 1 aliphatic heterocycles. The van der Waals surface area contributed by atoms with E-state index in [1.54, 1.807) is 12.1 Å². The van der Waals surface area contributed by atoms with Gasteiger partial charge in [0.1, 0.15) is 5.88 Å². The fourth-order valence-electron chi connectivity index (χ4n) is 2.48. The van der Waals surface area contributed by atoms with Crippen molar-refractivity contribution in [1.82, 2.24) is 0 Å². The highest BCUT2D eigenvalue weighted by atomic mass is 35.5. The number of anilines is 1. The summed E-state index contributed by atoms with van der Waals surface area (Å²) in [6, 6.07) is 5.79. The molecule has 0 aromatic heterocycles. The van der Waals surface area contributed by atoms with Crippen molar-refractivity contribution in [2.75, 3.05) is 29.4 Å². The lowest BCUT2D eigenvalue weighted by Gasteiger charge is -2.27. The number of amides is 1. The summed E-state index contributed by atoms with van der Waals surface area (Å²) in [6.07, 6.45) is 0.379. The first-order valence-electron chi connectivity index (χ1n) is 6.65. The van der Waals surface area contributed by atoms with Gasteiger partial charge >= 0.3 is 5.97 Å². The smallest absolute Gasteiger partial charge is 0.337 e. The molecular weight excluding hydrogens is 330 g/mol. The Morgan fingerprint density at radius 3 is 2.41 bits per heavy atom. The number of hydrogen-bond donors (Lipinski definition) is 0. The van der Waals surface area contributed by atoms with E-state index in [1.165, 1.54) is 24.1 Å². The molecule has 8 heteroatoms. The molecule has 1 aromatic rings. The molecular formula is C14H16ClNO5S. The maximum absolute atomic E-state index is 12.1. The summed E-state index contributed by atoms with van der Waals surface area (Å²) in [4.78, 5) is 24.9. The van der Waals surface area contributed by atoms with Crippen LogP contribution in [0.4, 0.5) is 5.69 Å². The average Bonchev–Trinajstić information content (AvgIpc) is 2.87. The Morgan fingerprint density at radius 1 is 1.32 bits per heavy atom. The van der Waals surface area contributed by atoms with Crippen molar-refractivity contribution in [3.05, 3.63) is 29.8 Å². The van der Waals surface area contributed by atoms with Gasteiger partial charge in [-0.25, -0.2) is 13.2 Å². The lowest BCUT2D eigenvalue weighted by Crippen LogP contribution is -2.42. The van der Waals surface area contributed by atoms with Crippen LogP contribution in [0.1, 0.15) is 16.8 Å². The van der Waals surface area contributed by atoms with Gasteiger partial charge in [-0.2, -0.15) is 0 Å². The van der Waals surface area contributed by atoms with E-state index in [0.717, 1.165) is 0 Å². The maximum atomic E-state index is 12.1. The van der Waals surface area contributed by atoms with Crippen molar-refractivity contribution in [3.63, 3.8) is 0 Å². The predicted molar refractivity (Wildman–Crippen MR) is 83.0 cm³/mol. The average molecular weight is 346 g/mol. The minimum absolute atomic E-state index is 0.0595. The third kappa shape index (κ3) is 3.59. The van der Waals surface area contributed by atoms with E-state index in [0.29, 0.717) is 17.7 Å². The highest BCUT2D eigenvalue weighted by molar-refractivity contribution is 7.91. The number of sulfone groups is 1. The molecule has 1 atom stereocenters. The lowest BCUT2D eigenvalue weighted by atomic mass is 10.1. The number of methoxy groups -OCH3 is 1. The number of carbonyl (C=O) groups excluding carboxylic acids is 2. The van der Waals surface area contributed by atoms with Gasteiger partial charge in [-0.15, -0.1) is 11.6 Å². The van der Waals surface area contributed by atoms with Crippen LogP contribution in [0.15, 0.2) is 24.3 Å². The third-order valence-corrected chi connectivity index (χ3v) is 5.50. The summed E-state index contributed by atoms with van der Waals surface area (Å²) in [5.41, 5.74) is 0.865. The van der Waals surface area contributed by atoms with Crippen LogP contribution in [-0.2, 0) is 19.4 Å². The third-order valence-electron chi connectivity index (χ3n) is 3.52. The molecule has 0 N–H and O–H groups in total. The fraction of sp³-hybridized carbons (Fsp3) is 0.429. The highest BCUT2D eigenvalue weighted by Crippen LogP contribution is 2.25. The van der Waals surface area contributed by atoms with Crippen molar-refractivity contribution < 1.29 is 22.7 Å². The van der Waals surface area contributed by atoms with Gasteiger partial charge in [0.05, 0.1) is 30.2 Å². The molecule has 1 aliphatic rings. The first-order chi connectivity index (χ1) is 10.4. The van der Waals surface area contributed by atoms with Crippen LogP contribution < -0.4 is 4.90 Å². The summed E-state index contributed by atoms with van der Waals surface area (Å²) in [5.74, 6) is -1.10. The molecule has 0 unspecified atom stereocenters. The van der Waals surface area contributed by atoms with E-state index >= 15 is 0 Å². The minimum Gasteiger partial charge on any atom is -0.465 e. The van der Waals surface area contributed by atoms with Crippen LogP contribution >= 0.6 is 11.6 Å². The number of benzene rings is 1. The van der Waals surface area contributed by atoms with Crippen LogP contribution in [0.5, 0.6) is 0 Å². The molecule has 22 heavy (non-hydrogen) atoms. The van der Waals surface area contributed by atoms with Crippen LogP contribution in [0, 0.1) is 0 Å². The largest absolute Gasteiger partial charge is 0.465 e. The molecule has 1 aromatic carbocycles. The second-order valence-electron chi connectivity index (χ2n) is 4.99. The number of carbonyl (C=O) groups is 2. The summed E-state index contributed by atoms with van der Waals surface area (Å²) >= 11 is 5.64. The van der Waals surface area contributed by atoms with Gasteiger partial charge in [0.2, 0.25) is 5.91 Å². The van der Waals surface area contributed by atoms with Crippen LogP contribution in [0.2, 0.25) is 0 Å². The second-order valence-corrected chi connectivity index (χ2v) is 7.49.